The van der Waals surface area contributed by atoms with Gasteiger partial charge in [0, 0.05) is 13.1 Å². The van der Waals surface area contributed by atoms with Crippen molar-refractivity contribution in [2.24, 2.45) is 11.1 Å². The molecule has 0 aromatic heterocycles. The molecular formula is C14H27N3O. The fourth-order valence-corrected chi connectivity index (χ4v) is 3.01. The molecule has 2 fully saturated rings. The van der Waals surface area contributed by atoms with Gasteiger partial charge in [-0.1, -0.05) is 6.92 Å². The van der Waals surface area contributed by atoms with Crippen LogP contribution in [-0.4, -0.2) is 54.5 Å². The maximum Gasteiger partial charge on any atom is 0.239 e. The van der Waals surface area contributed by atoms with E-state index in [-0.39, 0.29) is 11.5 Å². The van der Waals surface area contributed by atoms with Crippen molar-refractivity contribution in [1.82, 2.24) is 9.80 Å². The van der Waals surface area contributed by atoms with Crippen LogP contribution in [0.25, 0.3) is 0 Å². The number of carbonyl (C=O) groups is 1. The molecule has 1 atom stereocenters. The third kappa shape index (κ3) is 2.86. The average Bonchev–Trinajstić information content (AvgIpc) is 2.92. The van der Waals surface area contributed by atoms with Gasteiger partial charge in [-0.15, -0.1) is 0 Å². The number of nitrogens with zero attached hydrogens (tertiary/aromatic N) is 2. The Morgan fingerprint density at radius 3 is 2.28 bits per heavy atom. The standard InChI is InChI=1S/C14H27N3O/c1-12(13(18)17-7-3-4-8-17)16-9-5-14(2,11-15)6-10-16/h12H,3-11,15H2,1-2H3. The Bertz CT molecular complexity index is 291. The summed E-state index contributed by atoms with van der Waals surface area (Å²) >= 11 is 0. The summed E-state index contributed by atoms with van der Waals surface area (Å²) in [7, 11) is 0. The van der Waals surface area contributed by atoms with Crippen molar-refractivity contribution in [3.05, 3.63) is 0 Å². The number of likely N-dealkylation sites (tertiary alicyclic amines) is 2. The summed E-state index contributed by atoms with van der Waals surface area (Å²) in [6.45, 7) is 9.01. The second-order valence-corrected chi connectivity index (χ2v) is 6.26. The topological polar surface area (TPSA) is 49.6 Å². The van der Waals surface area contributed by atoms with E-state index in [1.807, 2.05) is 4.90 Å². The first-order chi connectivity index (χ1) is 8.56. The van der Waals surface area contributed by atoms with Crippen LogP contribution in [0.4, 0.5) is 0 Å². The summed E-state index contributed by atoms with van der Waals surface area (Å²) in [4.78, 5) is 16.7. The third-order valence-corrected chi connectivity index (χ3v) is 4.82. The highest BCUT2D eigenvalue weighted by atomic mass is 16.2. The minimum absolute atomic E-state index is 0.0467. The molecule has 0 aromatic rings. The molecule has 1 unspecified atom stereocenters. The van der Waals surface area contributed by atoms with Crippen LogP contribution in [0.5, 0.6) is 0 Å². The molecule has 0 aliphatic carbocycles. The molecule has 104 valence electrons. The summed E-state index contributed by atoms with van der Waals surface area (Å²) in [5.41, 5.74) is 6.11. The first-order valence-corrected chi connectivity index (χ1v) is 7.29. The van der Waals surface area contributed by atoms with Crippen LogP contribution in [0.2, 0.25) is 0 Å². The van der Waals surface area contributed by atoms with Crippen molar-refractivity contribution in [2.45, 2.75) is 45.6 Å². The van der Waals surface area contributed by atoms with E-state index in [0.717, 1.165) is 45.6 Å². The second kappa shape index (κ2) is 5.57. The summed E-state index contributed by atoms with van der Waals surface area (Å²) in [6, 6.07) is 0.0467. The molecule has 0 saturated carbocycles. The normalized spacial score (nSPS) is 26.3. The predicted octanol–water partition coefficient (Wildman–Crippen LogP) is 1.06. The summed E-state index contributed by atoms with van der Waals surface area (Å²) in [5.74, 6) is 0.323. The van der Waals surface area contributed by atoms with Gasteiger partial charge < -0.3 is 10.6 Å². The van der Waals surface area contributed by atoms with Crippen LogP contribution in [0, 0.1) is 5.41 Å². The number of hydrogen-bond donors (Lipinski definition) is 1. The molecular weight excluding hydrogens is 226 g/mol. The third-order valence-electron chi connectivity index (χ3n) is 4.82. The molecule has 0 radical (unpaired) electrons. The number of rotatable bonds is 3. The van der Waals surface area contributed by atoms with Gasteiger partial charge in [0.1, 0.15) is 0 Å². The van der Waals surface area contributed by atoms with E-state index in [0.29, 0.717) is 5.91 Å². The van der Waals surface area contributed by atoms with Gasteiger partial charge in [-0.25, -0.2) is 0 Å². The number of carbonyl (C=O) groups excluding carboxylic acids is 1. The van der Waals surface area contributed by atoms with E-state index < -0.39 is 0 Å². The van der Waals surface area contributed by atoms with Gasteiger partial charge in [-0.2, -0.15) is 0 Å². The van der Waals surface area contributed by atoms with Gasteiger partial charge >= 0.3 is 0 Å². The molecule has 4 nitrogen and oxygen atoms in total. The molecule has 4 heteroatoms. The minimum atomic E-state index is 0.0467. The van der Waals surface area contributed by atoms with Gasteiger partial charge in [-0.05, 0) is 57.7 Å². The van der Waals surface area contributed by atoms with Crippen LogP contribution >= 0.6 is 0 Å². The lowest BCUT2D eigenvalue weighted by Crippen LogP contribution is -2.51. The van der Waals surface area contributed by atoms with Crippen molar-refractivity contribution in [3.8, 4) is 0 Å². The zero-order valence-electron chi connectivity index (χ0n) is 11.8. The Labute approximate surface area is 110 Å². The van der Waals surface area contributed by atoms with Crippen molar-refractivity contribution in [2.75, 3.05) is 32.7 Å². The molecule has 2 aliphatic heterocycles. The van der Waals surface area contributed by atoms with Crippen LogP contribution in [-0.2, 0) is 4.79 Å². The molecule has 2 rings (SSSR count). The van der Waals surface area contributed by atoms with Crippen LogP contribution in [0.1, 0.15) is 39.5 Å². The van der Waals surface area contributed by atoms with Gasteiger partial charge in [0.05, 0.1) is 6.04 Å². The lowest BCUT2D eigenvalue weighted by atomic mass is 9.80. The van der Waals surface area contributed by atoms with E-state index >= 15 is 0 Å². The van der Waals surface area contributed by atoms with Crippen molar-refractivity contribution >= 4 is 5.91 Å². The quantitative estimate of drug-likeness (QED) is 0.818. The lowest BCUT2D eigenvalue weighted by molar-refractivity contribution is -0.136. The number of hydrogen-bond acceptors (Lipinski definition) is 3. The number of piperidine rings is 1. The highest BCUT2D eigenvalue weighted by Gasteiger charge is 2.34. The number of amides is 1. The maximum atomic E-state index is 12.3. The molecule has 18 heavy (non-hydrogen) atoms. The zero-order valence-corrected chi connectivity index (χ0v) is 11.8. The van der Waals surface area contributed by atoms with Crippen molar-refractivity contribution in [3.63, 3.8) is 0 Å². The highest BCUT2D eigenvalue weighted by Crippen LogP contribution is 2.30. The zero-order chi connectivity index (χ0) is 13.2. The Balaban J connectivity index is 1.86. The maximum absolute atomic E-state index is 12.3. The van der Waals surface area contributed by atoms with Gasteiger partial charge in [-0.3, -0.25) is 9.69 Å². The summed E-state index contributed by atoms with van der Waals surface area (Å²) in [6.07, 6.45) is 4.57. The molecule has 2 aliphatic rings. The SMILES string of the molecule is CC(C(=O)N1CCCC1)N1CCC(C)(CN)CC1. The Kier molecular flexibility index (Phi) is 4.28. The molecule has 0 spiro atoms. The molecule has 1 amide bonds. The van der Waals surface area contributed by atoms with Crippen LogP contribution in [0.15, 0.2) is 0 Å². The Morgan fingerprint density at radius 2 is 1.78 bits per heavy atom. The van der Waals surface area contributed by atoms with E-state index in [4.69, 9.17) is 5.73 Å². The second-order valence-electron chi connectivity index (χ2n) is 6.26. The highest BCUT2D eigenvalue weighted by molar-refractivity contribution is 5.81. The van der Waals surface area contributed by atoms with Crippen molar-refractivity contribution < 1.29 is 4.79 Å². The Hall–Kier alpha value is -0.610. The molecule has 0 bridgehead atoms. The Morgan fingerprint density at radius 1 is 1.22 bits per heavy atom. The van der Waals surface area contributed by atoms with Gasteiger partial charge in [0.25, 0.3) is 0 Å². The van der Waals surface area contributed by atoms with E-state index in [2.05, 4.69) is 18.7 Å². The first kappa shape index (κ1) is 13.8. The lowest BCUT2D eigenvalue weighted by Gasteiger charge is -2.41. The molecule has 2 N–H and O–H groups in total. The summed E-state index contributed by atoms with van der Waals surface area (Å²) < 4.78 is 0. The minimum Gasteiger partial charge on any atom is -0.341 e. The van der Waals surface area contributed by atoms with E-state index in [1.54, 1.807) is 0 Å². The first-order valence-electron chi connectivity index (χ1n) is 7.29. The number of nitrogens with two attached hydrogens (primary N) is 1. The predicted molar refractivity (Wildman–Crippen MR) is 73.2 cm³/mol. The molecule has 2 heterocycles. The fraction of sp³-hybridized carbons (Fsp3) is 0.929. The van der Waals surface area contributed by atoms with E-state index in [1.165, 1.54) is 12.8 Å². The molecule has 0 aromatic carbocycles. The molecule has 2 saturated heterocycles. The smallest absolute Gasteiger partial charge is 0.239 e. The summed E-state index contributed by atoms with van der Waals surface area (Å²) in [5, 5.41) is 0. The van der Waals surface area contributed by atoms with Crippen LogP contribution < -0.4 is 5.73 Å². The fourth-order valence-electron chi connectivity index (χ4n) is 3.01. The van der Waals surface area contributed by atoms with Crippen molar-refractivity contribution in [1.29, 1.82) is 0 Å². The van der Waals surface area contributed by atoms with Gasteiger partial charge in [0.15, 0.2) is 0 Å². The largest absolute Gasteiger partial charge is 0.341 e. The van der Waals surface area contributed by atoms with Crippen LogP contribution in [0.3, 0.4) is 0 Å². The average molecular weight is 253 g/mol. The van der Waals surface area contributed by atoms with Gasteiger partial charge in [0.2, 0.25) is 5.91 Å². The van der Waals surface area contributed by atoms with E-state index in [9.17, 15) is 4.79 Å². The monoisotopic (exact) mass is 253 g/mol.